The van der Waals surface area contributed by atoms with Crippen LogP contribution in [0, 0.1) is 11.3 Å². The average Bonchev–Trinajstić information content (AvgIpc) is 3.12. The molecular formula is C19H16Cl2N4. The number of rotatable bonds is 6. The summed E-state index contributed by atoms with van der Waals surface area (Å²) in [5, 5.41) is 15.5. The minimum Gasteiger partial charge on any atom is -0.251 e. The summed E-state index contributed by atoms with van der Waals surface area (Å²) in [6.07, 6.45) is 4.42. The topological polar surface area (TPSA) is 54.5 Å². The van der Waals surface area contributed by atoms with E-state index in [4.69, 9.17) is 23.2 Å². The number of nitriles is 1. The Morgan fingerprint density at radius 1 is 1.08 bits per heavy atom. The van der Waals surface area contributed by atoms with E-state index in [1.165, 1.54) is 6.33 Å². The van der Waals surface area contributed by atoms with Crippen molar-refractivity contribution in [3.8, 4) is 6.07 Å². The van der Waals surface area contributed by atoms with Gasteiger partial charge in [0.25, 0.3) is 0 Å². The first-order valence-corrected chi connectivity index (χ1v) is 8.61. The van der Waals surface area contributed by atoms with Gasteiger partial charge in [0.1, 0.15) is 18.1 Å². The molecule has 3 aromatic rings. The lowest BCUT2D eigenvalue weighted by molar-refractivity contribution is 0.402. The zero-order valence-corrected chi connectivity index (χ0v) is 15.0. The number of aryl methyl sites for hydroxylation is 1. The molecule has 0 amide bonds. The van der Waals surface area contributed by atoms with Gasteiger partial charge in [0.05, 0.1) is 12.6 Å². The molecule has 25 heavy (non-hydrogen) atoms. The molecule has 0 aliphatic carbocycles. The zero-order valence-electron chi connectivity index (χ0n) is 13.4. The van der Waals surface area contributed by atoms with Crippen LogP contribution in [-0.4, -0.2) is 14.8 Å². The number of halogens is 2. The van der Waals surface area contributed by atoms with Gasteiger partial charge in [0, 0.05) is 10.0 Å². The summed E-state index contributed by atoms with van der Waals surface area (Å²) in [5.41, 5.74) is 1.20. The fraction of sp³-hybridized carbons (Fsp3) is 0.211. The van der Waals surface area contributed by atoms with E-state index >= 15 is 0 Å². The second-order valence-corrected chi connectivity index (χ2v) is 6.80. The van der Waals surface area contributed by atoms with Crippen molar-refractivity contribution in [3.63, 3.8) is 0 Å². The van der Waals surface area contributed by atoms with E-state index in [9.17, 15) is 5.26 Å². The van der Waals surface area contributed by atoms with Crippen molar-refractivity contribution < 1.29 is 0 Å². The molecule has 4 nitrogen and oxygen atoms in total. The Balaban J connectivity index is 1.94. The molecular weight excluding hydrogens is 355 g/mol. The van der Waals surface area contributed by atoms with E-state index in [0.717, 1.165) is 17.5 Å². The molecule has 0 aliphatic rings. The molecule has 0 N–H and O–H groups in total. The van der Waals surface area contributed by atoms with Gasteiger partial charge in [-0.25, -0.2) is 4.98 Å². The van der Waals surface area contributed by atoms with Crippen molar-refractivity contribution in [2.45, 2.75) is 24.8 Å². The second-order valence-electron chi connectivity index (χ2n) is 5.93. The van der Waals surface area contributed by atoms with Crippen LogP contribution in [0.25, 0.3) is 0 Å². The maximum absolute atomic E-state index is 10.1. The highest BCUT2D eigenvalue weighted by Crippen LogP contribution is 2.32. The van der Waals surface area contributed by atoms with Crippen LogP contribution in [0.1, 0.15) is 17.5 Å². The van der Waals surface area contributed by atoms with Crippen molar-refractivity contribution in [1.29, 1.82) is 5.26 Å². The number of hydrogen-bond acceptors (Lipinski definition) is 3. The Kier molecular flexibility index (Phi) is 5.37. The van der Waals surface area contributed by atoms with Crippen LogP contribution in [0.3, 0.4) is 0 Å². The Morgan fingerprint density at radius 3 is 2.48 bits per heavy atom. The third kappa shape index (κ3) is 4.19. The summed E-state index contributed by atoms with van der Waals surface area (Å²) in [5.74, 6) is 0. The van der Waals surface area contributed by atoms with Gasteiger partial charge in [-0.3, -0.25) is 4.68 Å². The van der Waals surface area contributed by atoms with E-state index < -0.39 is 5.41 Å². The molecule has 0 saturated heterocycles. The minimum absolute atomic E-state index is 0.407. The third-order valence-electron chi connectivity index (χ3n) is 4.22. The maximum atomic E-state index is 10.1. The highest BCUT2D eigenvalue weighted by atomic mass is 35.5. The second kappa shape index (κ2) is 7.69. The van der Waals surface area contributed by atoms with Crippen LogP contribution in [0.5, 0.6) is 0 Å². The summed E-state index contributed by atoms with van der Waals surface area (Å²) in [4.78, 5) is 3.98. The first-order chi connectivity index (χ1) is 12.1. The van der Waals surface area contributed by atoms with Crippen molar-refractivity contribution >= 4 is 23.2 Å². The fourth-order valence-electron chi connectivity index (χ4n) is 2.90. The highest BCUT2D eigenvalue weighted by Gasteiger charge is 2.33. The van der Waals surface area contributed by atoms with Crippen molar-refractivity contribution in [2.24, 2.45) is 0 Å². The van der Waals surface area contributed by atoms with E-state index in [1.807, 2.05) is 42.5 Å². The molecule has 6 heteroatoms. The normalized spacial score (nSPS) is 13.2. The van der Waals surface area contributed by atoms with E-state index in [1.54, 1.807) is 17.1 Å². The molecule has 0 saturated carbocycles. The largest absolute Gasteiger partial charge is 0.251 e. The SMILES string of the molecule is N#CC(CCc1cccc(Cl)c1)(Cn1cncn1)c1cccc(Cl)c1. The lowest BCUT2D eigenvalue weighted by Crippen LogP contribution is -2.31. The van der Waals surface area contributed by atoms with Crippen molar-refractivity contribution in [1.82, 2.24) is 14.8 Å². The molecule has 0 radical (unpaired) electrons. The van der Waals surface area contributed by atoms with E-state index in [0.29, 0.717) is 23.0 Å². The van der Waals surface area contributed by atoms with Crippen molar-refractivity contribution in [3.05, 3.63) is 82.4 Å². The molecule has 2 aromatic carbocycles. The molecule has 0 aliphatic heterocycles. The molecule has 126 valence electrons. The third-order valence-corrected chi connectivity index (χ3v) is 4.69. The standard InChI is InChI=1S/C19H16Cl2N4/c20-17-5-1-3-15(9-17)7-8-19(11-22,12-25-14-23-13-24-25)16-4-2-6-18(21)10-16/h1-6,9-10,13-14H,7-8,12H2. The Labute approximate surface area is 156 Å². The van der Waals surface area contributed by atoms with Gasteiger partial charge in [-0.2, -0.15) is 10.4 Å². The first kappa shape index (κ1) is 17.5. The molecule has 0 bridgehead atoms. The highest BCUT2D eigenvalue weighted by molar-refractivity contribution is 6.30. The van der Waals surface area contributed by atoms with E-state index in [-0.39, 0.29) is 0 Å². The van der Waals surface area contributed by atoms with Gasteiger partial charge in [0.2, 0.25) is 0 Å². The van der Waals surface area contributed by atoms with Crippen LogP contribution >= 0.6 is 23.2 Å². The van der Waals surface area contributed by atoms with Gasteiger partial charge in [-0.1, -0.05) is 47.5 Å². The summed E-state index contributed by atoms with van der Waals surface area (Å²) < 4.78 is 1.68. The number of aromatic nitrogens is 3. The molecule has 0 spiro atoms. The average molecular weight is 371 g/mol. The van der Waals surface area contributed by atoms with Gasteiger partial charge >= 0.3 is 0 Å². The van der Waals surface area contributed by atoms with E-state index in [2.05, 4.69) is 16.2 Å². The summed E-state index contributed by atoms with van der Waals surface area (Å²) in [7, 11) is 0. The smallest absolute Gasteiger partial charge is 0.137 e. The first-order valence-electron chi connectivity index (χ1n) is 7.85. The Morgan fingerprint density at radius 2 is 1.84 bits per heavy atom. The lowest BCUT2D eigenvalue weighted by atomic mass is 9.77. The predicted octanol–water partition coefficient (Wildman–Crippen LogP) is 4.68. The number of hydrogen-bond donors (Lipinski definition) is 0. The monoisotopic (exact) mass is 370 g/mol. The Hall–Kier alpha value is -2.35. The molecule has 1 heterocycles. The van der Waals surface area contributed by atoms with Gasteiger partial charge in [0.15, 0.2) is 0 Å². The van der Waals surface area contributed by atoms with Crippen molar-refractivity contribution in [2.75, 3.05) is 0 Å². The van der Waals surface area contributed by atoms with Gasteiger partial charge < -0.3 is 0 Å². The molecule has 1 unspecified atom stereocenters. The van der Waals surface area contributed by atoms with Crippen LogP contribution in [-0.2, 0) is 18.4 Å². The van der Waals surface area contributed by atoms with Crippen LogP contribution in [0.4, 0.5) is 0 Å². The van der Waals surface area contributed by atoms with Crippen LogP contribution in [0.2, 0.25) is 10.0 Å². The van der Waals surface area contributed by atoms with Gasteiger partial charge in [-0.15, -0.1) is 0 Å². The van der Waals surface area contributed by atoms with Crippen LogP contribution < -0.4 is 0 Å². The minimum atomic E-state index is -0.763. The summed E-state index contributed by atoms with van der Waals surface area (Å²) in [6.45, 7) is 0.407. The molecule has 1 aromatic heterocycles. The quantitative estimate of drug-likeness (QED) is 0.632. The zero-order chi connectivity index (χ0) is 17.7. The Bertz CT molecular complexity index is 886. The summed E-state index contributed by atoms with van der Waals surface area (Å²) in [6, 6.07) is 17.7. The number of benzene rings is 2. The molecule has 0 fully saturated rings. The number of nitrogens with zero attached hydrogens (tertiary/aromatic N) is 4. The fourth-order valence-corrected chi connectivity index (χ4v) is 3.30. The predicted molar refractivity (Wildman–Crippen MR) is 98.5 cm³/mol. The molecule has 3 rings (SSSR count). The molecule has 1 atom stereocenters. The lowest BCUT2D eigenvalue weighted by Gasteiger charge is -2.27. The maximum Gasteiger partial charge on any atom is 0.137 e. The summed E-state index contributed by atoms with van der Waals surface area (Å²) >= 11 is 12.2. The van der Waals surface area contributed by atoms with Crippen LogP contribution in [0.15, 0.2) is 61.2 Å². The van der Waals surface area contributed by atoms with Gasteiger partial charge in [-0.05, 0) is 48.2 Å².